The van der Waals surface area contributed by atoms with Crippen molar-refractivity contribution in [2.24, 2.45) is 0 Å². The molecule has 0 aliphatic heterocycles. The van der Waals surface area contributed by atoms with Crippen molar-refractivity contribution in [3.05, 3.63) is 94.0 Å². The Labute approximate surface area is 181 Å². The fourth-order valence-electron chi connectivity index (χ4n) is 3.42. The van der Waals surface area contributed by atoms with E-state index in [0.29, 0.717) is 43.0 Å². The number of hydrogen-bond acceptors (Lipinski definition) is 2. The molecule has 0 saturated heterocycles. The first-order valence-electron chi connectivity index (χ1n) is 9.57. The maximum absolute atomic E-state index is 13.9. The van der Waals surface area contributed by atoms with Gasteiger partial charge in [0.05, 0.1) is 24.2 Å². The van der Waals surface area contributed by atoms with Gasteiger partial charge >= 0.3 is 0 Å². The van der Waals surface area contributed by atoms with Crippen molar-refractivity contribution in [3.8, 4) is 5.75 Å². The molecule has 154 valence electrons. The summed E-state index contributed by atoms with van der Waals surface area (Å²) in [5.41, 5.74) is 2.85. The molecule has 4 nitrogen and oxygen atoms in total. The fourth-order valence-corrected chi connectivity index (χ4v) is 3.68. The summed E-state index contributed by atoms with van der Waals surface area (Å²) in [6, 6.07) is 18.4. The Kier molecular flexibility index (Phi) is 5.99. The van der Waals surface area contributed by atoms with Crippen LogP contribution in [0.5, 0.6) is 5.75 Å². The monoisotopic (exact) mass is 471 g/mol. The lowest BCUT2D eigenvalue weighted by Crippen LogP contribution is -2.25. The molecule has 0 unspecified atom stereocenters. The van der Waals surface area contributed by atoms with Crippen LogP contribution in [-0.2, 0) is 13.1 Å². The second-order valence-corrected chi connectivity index (χ2v) is 7.89. The molecule has 3 aromatic carbocycles. The zero-order valence-corrected chi connectivity index (χ0v) is 17.7. The van der Waals surface area contributed by atoms with Crippen molar-refractivity contribution in [2.75, 3.05) is 6.61 Å². The highest BCUT2D eigenvalue weighted by molar-refractivity contribution is 9.10. The van der Waals surface area contributed by atoms with Crippen LogP contribution in [0, 0.1) is 17.0 Å². The smallest absolute Gasteiger partial charge is 0.203 e. The molecule has 1 heterocycles. The van der Waals surface area contributed by atoms with E-state index in [2.05, 4.69) is 15.9 Å². The van der Waals surface area contributed by atoms with E-state index in [1.807, 2.05) is 28.8 Å². The summed E-state index contributed by atoms with van der Waals surface area (Å²) in [7, 11) is 0. The molecule has 0 spiro atoms. The third-order valence-electron chi connectivity index (χ3n) is 4.89. The number of benzene rings is 3. The summed E-state index contributed by atoms with van der Waals surface area (Å²) < 4.78 is 37.2. The molecule has 0 fully saturated rings. The second-order valence-electron chi connectivity index (χ2n) is 6.98. The Morgan fingerprint density at radius 2 is 1.53 bits per heavy atom. The van der Waals surface area contributed by atoms with Crippen LogP contribution in [-0.4, -0.2) is 15.7 Å². The summed E-state index contributed by atoms with van der Waals surface area (Å²) in [6.45, 7) is 1.44. The fraction of sp³-hybridized carbons (Fsp3) is 0.174. The van der Waals surface area contributed by atoms with Crippen molar-refractivity contribution >= 4 is 27.0 Å². The van der Waals surface area contributed by atoms with Gasteiger partial charge < -0.3 is 13.9 Å². The lowest BCUT2D eigenvalue weighted by atomic mass is 10.2. The topological polar surface area (TPSA) is 42.9 Å². The zero-order chi connectivity index (χ0) is 21.1. The van der Waals surface area contributed by atoms with Gasteiger partial charge in [-0.2, -0.15) is 0 Å². The first-order chi connectivity index (χ1) is 14.5. The highest BCUT2D eigenvalue weighted by Gasteiger charge is 2.12. The molecule has 0 aliphatic carbocycles. The Morgan fingerprint density at radius 1 is 0.833 bits per heavy atom. The van der Waals surface area contributed by atoms with E-state index in [-0.39, 0.29) is 11.6 Å². The number of ether oxygens (including phenoxy) is 1. The van der Waals surface area contributed by atoms with E-state index >= 15 is 0 Å². The molecule has 0 radical (unpaired) electrons. The van der Waals surface area contributed by atoms with Crippen molar-refractivity contribution < 1.29 is 13.5 Å². The minimum Gasteiger partial charge on any atom is -0.494 e. The number of rotatable bonds is 7. The summed E-state index contributed by atoms with van der Waals surface area (Å²) in [4.78, 5) is 0. The van der Waals surface area contributed by atoms with Crippen molar-refractivity contribution in [2.45, 2.75) is 19.5 Å². The third kappa shape index (κ3) is 4.46. The summed E-state index contributed by atoms with van der Waals surface area (Å²) in [5, 5.41) is 8.67. The van der Waals surface area contributed by atoms with Crippen LogP contribution in [0.4, 0.5) is 8.78 Å². The van der Waals surface area contributed by atoms with Crippen LogP contribution in [0.25, 0.3) is 11.0 Å². The largest absolute Gasteiger partial charge is 0.494 e. The summed E-state index contributed by atoms with van der Waals surface area (Å²) >= 11 is 3.43. The molecule has 7 heteroatoms. The van der Waals surface area contributed by atoms with Gasteiger partial charge in [0.2, 0.25) is 5.62 Å². The number of aromatic nitrogens is 2. The second kappa shape index (κ2) is 8.83. The molecule has 0 bridgehead atoms. The van der Waals surface area contributed by atoms with E-state index < -0.39 is 0 Å². The summed E-state index contributed by atoms with van der Waals surface area (Å²) in [5.74, 6) is -0.0480. The number of nitrogens with one attached hydrogen (secondary N) is 1. The molecular weight excluding hydrogens is 452 g/mol. The van der Waals surface area contributed by atoms with Crippen molar-refractivity contribution in [1.82, 2.24) is 9.13 Å². The molecule has 0 amide bonds. The van der Waals surface area contributed by atoms with Crippen LogP contribution in [0.3, 0.4) is 0 Å². The van der Waals surface area contributed by atoms with Gasteiger partial charge in [-0.25, -0.2) is 8.78 Å². The Morgan fingerprint density at radius 3 is 2.27 bits per heavy atom. The zero-order valence-electron chi connectivity index (χ0n) is 16.1. The number of halogens is 3. The van der Waals surface area contributed by atoms with Crippen LogP contribution in [0.1, 0.15) is 12.0 Å². The Hall–Kier alpha value is -2.93. The molecule has 30 heavy (non-hydrogen) atoms. The molecule has 0 saturated carbocycles. The highest BCUT2D eigenvalue weighted by atomic mass is 79.9. The quantitative estimate of drug-likeness (QED) is 0.356. The Bertz CT molecular complexity index is 1210. The average molecular weight is 472 g/mol. The van der Waals surface area contributed by atoms with E-state index in [9.17, 15) is 8.78 Å². The predicted octanol–water partition coefficient (Wildman–Crippen LogP) is 5.48. The van der Waals surface area contributed by atoms with Crippen molar-refractivity contribution in [3.63, 3.8) is 0 Å². The highest BCUT2D eigenvalue weighted by Crippen LogP contribution is 2.18. The van der Waals surface area contributed by atoms with Gasteiger partial charge in [-0.1, -0.05) is 28.1 Å². The van der Waals surface area contributed by atoms with Crippen LogP contribution >= 0.6 is 15.9 Å². The van der Waals surface area contributed by atoms with E-state index in [0.717, 1.165) is 15.6 Å². The van der Waals surface area contributed by atoms with Gasteiger partial charge in [0.1, 0.15) is 17.4 Å². The lowest BCUT2D eigenvalue weighted by Gasteiger charge is -2.08. The molecular formula is C23H20BrF2N3O. The predicted molar refractivity (Wildman–Crippen MR) is 115 cm³/mol. The minimum absolute atomic E-state index is 0.306. The number of fused-ring (bicyclic) bond motifs is 1. The molecule has 0 aliphatic rings. The maximum Gasteiger partial charge on any atom is 0.203 e. The number of nitrogens with zero attached hydrogens (tertiary/aromatic N) is 2. The van der Waals surface area contributed by atoms with Crippen LogP contribution in [0.15, 0.2) is 71.2 Å². The van der Waals surface area contributed by atoms with Gasteiger partial charge in [-0.3, -0.25) is 5.41 Å². The third-order valence-corrected chi connectivity index (χ3v) is 5.42. The van der Waals surface area contributed by atoms with E-state index in [1.54, 1.807) is 22.8 Å². The SMILES string of the molecule is N=c1n(CCCOc2ccc(F)cc2)c2cc(F)ccc2n1Cc1ccc(Br)cc1. The maximum atomic E-state index is 13.9. The molecule has 4 aromatic rings. The number of hydrogen-bond donors (Lipinski definition) is 1. The van der Waals surface area contributed by atoms with Gasteiger partial charge in [0.15, 0.2) is 0 Å². The van der Waals surface area contributed by atoms with Gasteiger partial charge in [-0.05, 0) is 66.6 Å². The standard InChI is InChI=1S/C23H20BrF2N3O/c24-17-4-2-16(3-5-17)15-29-21-11-8-19(26)14-22(21)28(23(29)27)12-1-13-30-20-9-6-18(25)7-10-20/h2-11,14,27H,1,12-13,15H2. The first kappa shape index (κ1) is 20.3. The van der Waals surface area contributed by atoms with Crippen LogP contribution < -0.4 is 10.4 Å². The van der Waals surface area contributed by atoms with E-state index in [1.165, 1.54) is 24.3 Å². The molecule has 1 N–H and O–H groups in total. The molecule has 1 aromatic heterocycles. The van der Waals surface area contributed by atoms with Crippen molar-refractivity contribution in [1.29, 1.82) is 5.41 Å². The lowest BCUT2D eigenvalue weighted by molar-refractivity contribution is 0.300. The summed E-state index contributed by atoms with van der Waals surface area (Å²) in [6.07, 6.45) is 0.627. The van der Waals surface area contributed by atoms with Gasteiger partial charge in [0.25, 0.3) is 0 Å². The van der Waals surface area contributed by atoms with E-state index in [4.69, 9.17) is 10.1 Å². The average Bonchev–Trinajstić information content (AvgIpc) is 2.99. The Balaban J connectivity index is 1.55. The van der Waals surface area contributed by atoms with Crippen LogP contribution in [0.2, 0.25) is 0 Å². The number of imidazole rings is 1. The number of aryl methyl sites for hydroxylation is 1. The first-order valence-corrected chi connectivity index (χ1v) is 10.4. The normalized spacial score (nSPS) is 11.2. The minimum atomic E-state index is -0.334. The van der Waals surface area contributed by atoms with Gasteiger partial charge in [-0.15, -0.1) is 0 Å². The molecule has 4 rings (SSSR count). The van der Waals surface area contributed by atoms with Gasteiger partial charge in [0, 0.05) is 11.0 Å². The molecule has 0 atom stereocenters.